The number of alkyl carbamates (subject to hydrolysis) is 1. The van der Waals surface area contributed by atoms with Crippen molar-refractivity contribution in [2.24, 2.45) is 5.92 Å². The van der Waals surface area contributed by atoms with Crippen molar-refractivity contribution in [2.45, 2.75) is 44.8 Å². The van der Waals surface area contributed by atoms with Gasteiger partial charge in [-0.2, -0.15) is 0 Å². The van der Waals surface area contributed by atoms with Crippen LogP contribution in [-0.4, -0.2) is 55.5 Å². The summed E-state index contributed by atoms with van der Waals surface area (Å²) in [5.41, 5.74) is 4.57. The van der Waals surface area contributed by atoms with Crippen molar-refractivity contribution in [2.75, 3.05) is 20.3 Å². The van der Waals surface area contributed by atoms with Crippen LogP contribution >= 0.6 is 0 Å². The summed E-state index contributed by atoms with van der Waals surface area (Å²) in [6.07, 6.45) is -1.32. The minimum atomic E-state index is -1.08. The summed E-state index contributed by atoms with van der Waals surface area (Å²) in [7, 11) is 1.31. The van der Waals surface area contributed by atoms with Gasteiger partial charge in [-0.3, -0.25) is 4.79 Å². The molecule has 0 saturated carbocycles. The first kappa shape index (κ1) is 25.2. The van der Waals surface area contributed by atoms with Crippen LogP contribution < -0.4 is 10.6 Å². The SMILES string of the molecule is COC(CCNC(=O)CC(NC(=O)OCC1c2ccccc2-c2ccccc21)C(C)C)C(=O)O. The number of carbonyl (C=O) groups is 3. The lowest BCUT2D eigenvalue weighted by Crippen LogP contribution is -2.43. The second-order valence-electron chi connectivity index (χ2n) is 8.73. The molecule has 0 aromatic heterocycles. The molecule has 0 saturated heterocycles. The lowest BCUT2D eigenvalue weighted by atomic mass is 9.98. The number of hydrogen-bond donors (Lipinski definition) is 3. The Labute approximate surface area is 199 Å². The number of aliphatic carboxylic acids is 1. The molecule has 1 aliphatic rings. The fourth-order valence-corrected chi connectivity index (χ4v) is 4.20. The van der Waals surface area contributed by atoms with Crippen LogP contribution in [0.4, 0.5) is 4.79 Å². The molecule has 0 spiro atoms. The van der Waals surface area contributed by atoms with E-state index in [-0.39, 0.29) is 43.7 Å². The van der Waals surface area contributed by atoms with Crippen molar-refractivity contribution in [3.63, 3.8) is 0 Å². The van der Waals surface area contributed by atoms with Crippen molar-refractivity contribution in [3.05, 3.63) is 59.7 Å². The number of carbonyl (C=O) groups excluding carboxylic acids is 2. The molecular formula is C26H32N2O6. The maximum atomic E-state index is 12.6. The first-order valence-electron chi connectivity index (χ1n) is 11.5. The number of rotatable bonds is 11. The van der Waals surface area contributed by atoms with E-state index in [0.717, 1.165) is 22.3 Å². The summed E-state index contributed by atoms with van der Waals surface area (Å²) in [4.78, 5) is 35.9. The Hall–Kier alpha value is -3.39. The van der Waals surface area contributed by atoms with Crippen LogP contribution in [0.15, 0.2) is 48.5 Å². The fourth-order valence-electron chi connectivity index (χ4n) is 4.20. The van der Waals surface area contributed by atoms with Crippen LogP contribution in [0.25, 0.3) is 11.1 Å². The molecule has 0 fully saturated rings. The number of methoxy groups -OCH3 is 1. The van der Waals surface area contributed by atoms with Gasteiger partial charge in [0.1, 0.15) is 6.61 Å². The highest BCUT2D eigenvalue weighted by molar-refractivity contribution is 5.79. The minimum absolute atomic E-state index is 0.00280. The van der Waals surface area contributed by atoms with Crippen molar-refractivity contribution >= 4 is 18.0 Å². The average molecular weight is 469 g/mol. The number of carboxylic acids is 1. The molecule has 3 rings (SSSR count). The van der Waals surface area contributed by atoms with Gasteiger partial charge in [0.2, 0.25) is 5.91 Å². The molecule has 2 unspecified atom stereocenters. The summed E-state index contributed by atoms with van der Waals surface area (Å²) in [5.74, 6) is -1.40. The van der Waals surface area contributed by atoms with Gasteiger partial charge in [0.05, 0.1) is 0 Å². The third kappa shape index (κ3) is 6.14. The quantitative estimate of drug-likeness (QED) is 0.465. The number of nitrogens with one attached hydrogen (secondary N) is 2. The summed E-state index contributed by atoms with van der Waals surface area (Å²) in [6.45, 7) is 4.18. The molecule has 0 aliphatic heterocycles. The van der Waals surface area contributed by atoms with E-state index >= 15 is 0 Å². The molecule has 1 aliphatic carbocycles. The standard InChI is InChI=1S/C26H32N2O6/c1-16(2)22(14-24(29)27-13-12-23(33-3)25(30)31)28-26(32)34-15-21-19-10-6-4-8-17(19)18-9-5-7-11-20(18)21/h4-11,16,21-23H,12-15H2,1-3H3,(H,27,29)(H,28,32)(H,30,31). The zero-order valence-corrected chi connectivity index (χ0v) is 19.7. The van der Waals surface area contributed by atoms with Crippen molar-refractivity contribution in [1.82, 2.24) is 10.6 Å². The Morgan fingerprint density at radius 3 is 2.12 bits per heavy atom. The lowest BCUT2D eigenvalue weighted by Gasteiger charge is -2.22. The number of benzene rings is 2. The predicted octanol–water partition coefficient (Wildman–Crippen LogP) is 3.55. The maximum Gasteiger partial charge on any atom is 0.407 e. The zero-order valence-electron chi connectivity index (χ0n) is 19.7. The molecule has 8 heteroatoms. The van der Waals surface area contributed by atoms with Crippen LogP contribution in [-0.2, 0) is 19.1 Å². The molecular weight excluding hydrogens is 436 g/mol. The van der Waals surface area contributed by atoms with Gasteiger partial charge in [-0.15, -0.1) is 0 Å². The molecule has 182 valence electrons. The van der Waals surface area contributed by atoms with Crippen molar-refractivity contribution < 1.29 is 29.0 Å². The number of amides is 2. The van der Waals surface area contributed by atoms with Crippen LogP contribution in [0.1, 0.15) is 43.7 Å². The van der Waals surface area contributed by atoms with E-state index in [1.807, 2.05) is 38.1 Å². The number of fused-ring (bicyclic) bond motifs is 3. The first-order chi connectivity index (χ1) is 16.3. The van der Waals surface area contributed by atoms with Gasteiger partial charge in [-0.05, 0) is 28.2 Å². The molecule has 0 bridgehead atoms. The van der Waals surface area contributed by atoms with Gasteiger partial charge in [-0.25, -0.2) is 9.59 Å². The summed E-state index contributed by atoms with van der Waals surface area (Å²) in [5, 5.41) is 14.5. The van der Waals surface area contributed by atoms with Gasteiger partial charge in [0, 0.05) is 38.5 Å². The second kappa shape index (κ2) is 11.7. The van der Waals surface area contributed by atoms with Crippen LogP contribution in [0, 0.1) is 5.92 Å². The lowest BCUT2D eigenvalue weighted by molar-refractivity contribution is -0.149. The Morgan fingerprint density at radius 1 is 1.00 bits per heavy atom. The fraction of sp³-hybridized carbons (Fsp3) is 0.423. The molecule has 34 heavy (non-hydrogen) atoms. The van der Waals surface area contributed by atoms with Gasteiger partial charge < -0.3 is 25.2 Å². The number of ether oxygens (including phenoxy) is 2. The smallest absolute Gasteiger partial charge is 0.407 e. The highest BCUT2D eigenvalue weighted by atomic mass is 16.5. The number of carboxylic acid groups (broad SMARTS) is 1. The van der Waals surface area contributed by atoms with Gasteiger partial charge >= 0.3 is 12.1 Å². The van der Waals surface area contributed by atoms with Gasteiger partial charge in [-0.1, -0.05) is 62.4 Å². The third-order valence-corrected chi connectivity index (χ3v) is 6.15. The Morgan fingerprint density at radius 2 is 1.59 bits per heavy atom. The van der Waals surface area contributed by atoms with E-state index in [1.165, 1.54) is 7.11 Å². The van der Waals surface area contributed by atoms with Gasteiger partial charge in [0.15, 0.2) is 6.10 Å². The van der Waals surface area contributed by atoms with Crippen molar-refractivity contribution in [1.29, 1.82) is 0 Å². The van der Waals surface area contributed by atoms with E-state index < -0.39 is 24.2 Å². The van der Waals surface area contributed by atoms with Crippen LogP contribution in [0.3, 0.4) is 0 Å². The maximum absolute atomic E-state index is 12.6. The second-order valence-corrected chi connectivity index (χ2v) is 8.73. The zero-order chi connectivity index (χ0) is 24.7. The molecule has 0 heterocycles. The summed E-state index contributed by atoms with van der Waals surface area (Å²) in [6, 6.07) is 15.8. The molecule has 2 aromatic rings. The molecule has 2 amide bonds. The van der Waals surface area contributed by atoms with Crippen LogP contribution in [0.5, 0.6) is 0 Å². The summed E-state index contributed by atoms with van der Waals surface area (Å²) >= 11 is 0. The average Bonchev–Trinajstić information content (AvgIpc) is 3.13. The molecule has 3 N–H and O–H groups in total. The van der Waals surface area contributed by atoms with E-state index in [1.54, 1.807) is 0 Å². The van der Waals surface area contributed by atoms with Crippen LogP contribution in [0.2, 0.25) is 0 Å². The molecule has 2 aromatic carbocycles. The first-order valence-corrected chi connectivity index (χ1v) is 11.5. The molecule has 8 nitrogen and oxygen atoms in total. The van der Waals surface area contributed by atoms with E-state index in [4.69, 9.17) is 14.6 Å². The third-order valence-electron chi connectivity index (χ3n) is 6.15. The monoisotopic (exact) mass is 468 g/mol. The molecule has 2 atom stereocenters. The van der Waals surface area contributed by atoms with Gasteiger partial charge in [0.25, 0.3) is 0 Å². The largest absolute Gasteiger partial charge is 0.479 e. The predicted molar refractivity (Wildman–Crippen MR) is 128 cm³/mol. The topological polar surface area (TPSA) is 114 Å². The van der Waals surface area contributed by atoms with E-state index in [9.17, 15) is 14.4 Å². The normalized spacial score (nSPS) is 14.1. The Kier molecular flexibility index (Phi) is 8.65. The Bertz CT molecular complexity index is 976. The van der Waals surface area contributed by atoms with E-state index in [0.29, 0.717) is 0 Å². The number of hydrogen-bond acceptors (Lipinski definition) is 5. The Balaban J connectivity index is 1.53. The van der Waals surface area contributed by atoms with E-state index in [2.05, 4.69) is 34.9 Å². The highest BCUT2D eigenvalue weighted by Crippen LogP contribution is 2.44. The minimum Gasteiger partial charge on any atom is -0.479 e. The highest BCUT2D eigenvalue weighted by Gasteiger charge is 2.29. The summed E-state index contributed by atoms with van der Waals surface area (Å²) < 4.78 is 10.4. The van der Waals surface area contributed by atoms with Crippen molar-refractivity contribution in [3.8, 4) is 11.1 Å². The molecule has 0 radical (unpaired) electrons.